The van der Waals surface area contributed by atoms with Crippen LogP contribution in [0.2, 0.25) is 0 Å². The lowest BCUT2D eigenvalue weighted by Crippen LogP contribution is -2.05. The predicted octanol–water partition coefficient (Wildman–Crippen LogP) is 3.08. The second-order valence-electron chi connectivity index (χ2n) is 3.66. The fraction of sp³-hybridized carbons (Fsp3) is 0.154. The van der Waals surface area contributed by atoms with Crippen molar-refractivity contribution in [1.29, 1.82) is 0 Å². The van der Waals surface area contributed by atoms with Crippen molar-refractivity contribution in [1.82, 2.24) is 0 Å². The summed E-state index contributed by atoms with van der Waals surface area (Å²) in [5.41, 5.74) is 4.11. The molecule has 2 rings (SSSR count). The Morgan fingerprint density at radius 1 is 1.07 bits per heavy atom. The summed E-state index contributed by atoms with van der Waals surface area (Å²) in [4.78, 5) is 11.7. The van der Waals surface area contributed by atoms with Crippen LogP contribution in [0.1, 0.15) is 25.0 Å². The zero-order valence-electron chi connectivity index (χ0n) is 8.37. The molecule has 0 saturated carbocycles. The van der Waals surface area contributed by atoms with Crippen LogP contribution in [0, 0.1) is 0 Å². The molecular formula is C13H12O. The molecule has 0 aromatic heterocycles. The van der Waals surface area contributed by atoms with Gasteiger partial charge in [0, 0.05) is 5.57 Å². The summed E-state index contributed by atoms with van der Waals surface area (Å²) in [5, 5.41) is 0. The molecule has 1 heteroatoms. The number of hydrogen-bond acceptors (Lipinski definition) is 1. The monoisotopic (exact) mass is 184 g/mol. The van der Waals surface area contributed by atoms with Gasteiger partial charge in [0.1, 0.15) is 0 Å². The van der Waals surface area contributed by atoms with Crippen molar-refractivity contribution in [2.75, 3.05) is 0 Å². The third kappa shape index (κ3) is 1.31. The van der Waals surface area contributed by atoms with Gasteiger partial charge in [-0.3, -0.25) is 4.79 Å². The molecule has 0 atom stereocenters. The first-order valence-electron chi connectivity index (χ1n) is 4.69. The van der Waals surface area contributed by atoms with Gasteiger partial charge in [0.15, 0.2) is 5.78 Å². The minimum atomic E-state index is 0.115. The molecule has 0 radical (unpaired) electrons. The van der Waals surface area contributed by atoms with Gasteiger partial charge in [-0.05, 0) is 31.1 Å². The molecule has 70 valence electrons. The Balaban J connectivity index is 2.72. The second-order valence-corrected chi connectivity index (χ2v) is 3.66. The lowest BCUT2D eigenvalue weighted by atomic mass is 9.89. The van der Waals surface area contributed by atoms with Crippen molar-refractivity contribution in [2.24, 2.45) is 0 Å². The van der Waals surface area contributed by atoms with Gasteiger partial charge in [-0.25, -0.2) is 0 Å². The maximum atomic E-state index is 11.7. The third-order valence-corrected chi connectivity index (χ3v) is 2.39. The quantitative estimate of drug-likeness (QED) is 0.566. The molecule has 0 unspecified atom stereocenters. The molecule has 0 amide bonds. The average molecular weight is 184 g/mol. The van der Waals surface area contributed by atoms with Crippen LogP contribution in [0.3, 0.4) is 0 Å². The number of fused-ring (bicyclic) bond motifs is 1. The molecule has 0 bridgehead atoms. The lowest BCUT2D eigenvalue weighted by Gasteiger charge is -2.14. The van der Waals surface area contributed by atoms with E-state index in [1.165, 1.54) is 0 Å². The van der Waals surface area contributed by atoms with Crippen LogP contribution in [0.15, 0.2) is 35.9 Å². The Morgan fingerprint density at radius 2 is 1.79 bits per heavy atom. The molecule has 0 spiro atoms. The Kier molecular flexibility index (Phi) is 2.08. The molecule has 0 saturated heterocycles. The molecule has 0 N–H and O–H groups in total. The third-order valence-electron chi connectivity index (χ3n) is 2.39. The predicted molar refractivity (Wildman–Crippen MR) is 58.8 cm³/mol. The van der Waals surface area contributed by atoms with Crippen LogP contribution in [0.4, 0.5) is 0 Å². The van der Waals surface area contributed by atoms with Crippen LogP contribution in [-0.2, 0) is 4.79 Å². The summed E-state index contributed by atoms with van der Waals surface area (Å²) in [6, 6.07) is 7.98. The van der Waals surface area contributed by atoms with Crippen LogP contribution in [-0.4, -0.2) is 5.78 Å². The number of carbonyl (C=O) groups is 1. The molecule has 1 aliphatic carbocycles. The van der Waals surface area contributed by atoms with Gasteiger partial charge in [-0.15, -0.1) is 0 Å². The fourth-order valence-electron chi connectivity index (χ4n) is 1.77. The number of allylic oxidation sites excluding steroid dienone is 3. The molecule has 1 nitrogen and oxygen atoms in total. The van der Waals surface area contributed by atoms with Crippen molar-refractivity contribution >= 4 is 17.4 Å². The molecule has 14 heavy (non-hydrogen) atoms. The maximum absolute atomic E-state index is 11.7. The standard InChI is InChI=1S/C13H12O/c1-9(2)13-11-6-4-3-5-10(11)7-8-12(13)14/h3-8H,1-2H3. The highest BCUT2D eigenvalue weighted by molar-refractivity contribution is 6.30. The van der Waals surface area contributed by atoms with Crippen molar-refractivity contribution < 1.29 is 4.79 Å². The number of rotatable bonds is 0. The molecule has 1 aromatic carbocycles. The highest BCUT2D eigenvalue weighted by Crippen LogP contribution is 2.28. The largest absolute Gasteiger partial charge is 0.289 e. The second kappa shape index (κ2) is 3.26. The topological polar surface area (TPSA) is 17.1 Å². The summed E-state index contributed by atoms with van der Waals surface area (Å²) in [7, 11) is 0. The molecule has 0 fully saturated rings. The van der Waals surface area contributed by atoms with Crippen molar-refractivity contribution in [3.05, 3.63) is 47.0 Å². The SMILES string of the molecule is CC(C)=C1C(=O)C=Cc2ccccc21. The molecule has 0 heterocycles. The highest BCUT2D eigenvalue weighted by Gasteiger charge is 2.17. The van der Waals surface area contributed by atoms with Crippen LogP contribution in [0.25, 0.3) is 11.6 Å². The first-order valence-corrected chi connectivity index (χ1v) is 4.69. The van der Waals surface area contributed by atoms with Gasteiger partial charge in [-0.2, -0.15) is 0 Å². The lowest BCUT2D eigenvalue weighted by molar-refractivity contribution is -0.109. The Labute approximate surface area is 83.8 Å². The van der Waals surface area contributed by atoms with E-state index >= 15 is 0 Å². The smallest absolute Gasteiger partial charge is 0.186 e. The van der Waals surface area contributed by atoms with Gasteiger partial charge in [0.25, 0.3) is 0 Å². The summed E-state index contributed by atoms with van der Waals surface area (Å²) in [6.07, 6.45) is 3.52. The summed E-state index contributed by atoms with van der Waals surface area (Å²) in [5.74, 6) is 0.115. The van der Waals surface area contributed by atoms with Crippen molar-refractivity contribution in [3.8, 4) is 0 Å². The molecule has 0 aliphatic heterocycles. The highest BCUT2D eigenvalue weighted by atomic mass is 16.1. The first kappa shape index (κ1) is 8.95. The van der Waals surface area contributed by atoms with Crippen LogP contribution in [0.5, 0.6) is 0 Å². The van der Waals surface area contributed by atoms with E-state index in [9.17, 15) is 4.79 Å². The Hall–Kier alpha value is -1.63. The number of benzene rings is 1. The van der Waals surface area contributed by atoms with Gasteiger partial charge in [0.05, 0.1) is 0 Å². The summed E-state index contributed by atoms with van der Waals surface area (Å²) < 4.78 is 0. The zero-order valence-corrected chi connectivity index (χ0v) is 8.37. The van der Waals surface area contributed by atoms with Gasteiger partial charge in [0.2, 0.25) is 0 Å². The van der Waals surface area contributed by atoms with E-state index in [4.69, 9.17) is 0 Å². The van der Waals surface area contributed by atoms with E-state index in [0.29, 0.717) is 0 Å². The Bertz CT molecular complexity index is 446. The summed E-state index contributed by atoms with van der Waals surface area (Å²) >= 11 is 0. The van der Waals surface area contributed by atoms with E-state index in [-0.39, 0.29) is 5.78 Å². The normalized spacial score (nSPS) is 14.1. The number of carbonyl (C=O) groups excluding carboxylic acids is 1. The maximum Gasteiger partial charge on any atom is 0.186 e. The van der Waals surface area contributed by atoms with Gasteiger partial charge < -0.3 is 0 Å². The van der Waals surface area contributed by atoms with E-state index in [2.05, 4.69) is 0 Å². The summed E-state index contributed by atoms with van der Waals surface area (Å²) in [6.45, 7) is 3.95. The first-order chi connectivity index (χ1) is 6.70. The van der Waals surface area contributed by atoms with E-state index in [1.807, 2.05) is 44.2 Å². The minimum absolute atomic E-state index is 0.115. The average Bonchev–Trinajstić information content (AvgIpc) is 2.17. The van der Waals surface area contributed by atoms with Crippen LogP contribution >= 0.6 is 0 Å². The van der Waals surface area contributed by atoms with Gasteiger partial charge >= 0.3 is 0 Å². The van der Waals surface area contributed by atoms with Crippen molar-refractivity contribution in [3.63, 3.8) is 0 Å². The Morgan fingerprint density at radius 3 is 2.50 bits per heavy atom. The van der Waals surface area contributed by atoms with E-state index < -0.39 is 0 Å². The number of hydrogen-bond donors (Lipinski definition) is 0. The van der Waals surface area contributed by atoms with E-state index in [1.54, 1.807) is 6.08 Å². The zero-order chi connectivity index (χ0) is 10.1. The van der Waals surface area contributed by atoms with E-state index in [0.717, 1.165) is 22.3 Å². The molecule has 1 aromatic rings. The molecule has 1 aliphatic rings. The van der Waals surface area contributed by atoms with Gasteiger partial charge in [-0.1, -0.05) is 35.9 Å². The number of ketones is 1. The van der Waals surface area contributed by atoms with Crippen molar-refractivity contribution in [2.45, 2.75) is 13.8 Å². The molecular weight excluding hydrogens is 172 g/mol. The minimum Gasteiger partial charge on any atom is -0.289 e. The fourth-order valence-corrected chi connectivity index (χ4v) is 1.77. The van der Waals surface area contributed by atoms with Crippen LogP contribution < -0.4 is 0 Å².